The third-order valence-electron chi connectivity index (χ3n) is 1.29. The Morgan fingerprint density at radius 2 is 1.22 bits per heavy atom. The fourth-order valence-electron chi connectivity index (χ4n) is 0.714. The number of hydrogen-bond acceptors (Lipinski definition) is 7. The summed E-state index contributed by atoms with van der Waals surface area (Å²) in [6, 6.07) is 0. The average molecular weight is 272 g/mol. The van der Waals surface area contributed by atoms with Crippen molar-refractivity contribution in [3.8, 4) is 0 Å². The van der Waals surface area contributed by atoms with Crippen molar-refractivity contribution in [1.82, 2.24) is 6.15 Å². The molecule has 12 nitrogen and oxygen atoms in total. The zero-order valence-corrected chi connectivity index (χ0v) is 9.10. The highest BCUT2D eigenvalue weighted by molar-refractivity contribution is 5.88. The number of aliphatic hydroxyl groups is 1. The van der Waals surface area contributed by atoms with Gasteiger partial charge >= 0.3 is 17.9 Å². The van der Waals surface area contributed by atoms with Gasteiger partial charge in [-0.05, 0) is 0 Å². The highest BCUT2D eigenvalue weighted by Gasteiger charge is 2.40. The molecule has 0 atom stereocenters. The molecule has 12 heteroatoms. The second-order valence-corrected chi connectivity index (χ2v) is 2.70. The first-order valence-electron chi connectivity index (χ1n) is 3.72. The maximum absolute atomic E-state index is 10.3. The van der Waals surface area contributed by atoms with Crippen LogP contribution in [-0.4, -0.2) is 49.0 Å². The van der Waals surface area contributed by atoms with Gasteiger partial charge in [-0.3, -0.25) is 9.59 Å². The number of carboxylic acids is 3. The lowest BCUT2D eigenvalue weighted by Gasteiger charge is -2.18. The fraction of sp³-hybridized carbons (Fsp3) is 0.500. The van der Waals surface area contributed by atoms with Crippen LogP contribution in [0.15, 0.2) is 0 Å². The normalized spacial score (nSPS) is 9.17. The van der Waals surface area contributed by atoms with E-state index in [4.69, 9.17) is 35.7 Å². The molecular weight excluding hydrogens is 260 g/mol. The Bertz CT molecular complexity index is 306. The van der Waals surface area contributed by atoms with E-state index in [1.807, 2.05) is 0 Å². The van der Waals surface area contributed by atoms with Crippen LogP contribution in [0.3, 0.4) is 0 Å². The van der Waals surface area contributed by atoms with Crippen LogP contribution >= 0.6 is 0 Å². The highest BCUT2D eigenvalue weighted by Crippen LogP contribution is 2.15. The number of rotatable bonds is 5. The molecule has 0 amide bonds. The lowest BCUT2D eigenvalue weighted by molar-refractivity contribution is -0.402. The van der Waals surface area contributed by atoms with E-state index < -0.39 is 41.4 Å². The molecule has 0 fully saturated rings. The van der Waals surface area contributed by atoms with E-state index in [0.29, 0.717) is 0 Å². The van der Waals surface area contributed by atoms with Gasteiger partial charge < -0.3 is 41.9 Å². The molecular formula is C6H12N2O10. The first-order valence-corrected chi connectivity index (χ1v) is 3.72. The van der Waals surface area contributed by atoms with Crippen molar-refractivity contribution in [3.05, 3.63) is 15.3 Å². The fourth-order valence-corrected chi connectivity index (χ4v) is 0.714. The van der Waals surface area contributed by atoms with Crippen LogP contribution < -0.4 is 6.15 Å². The summed E-state index contributed by atoms with van der Waals surface area (Å²) in [5.41, 5.74) is -2.74. The van der Waals surface area contributed by atoms with Crippen LogP contribution in [0.5, 0.6) is 0 Å². The Hall–Kier alpha value is -2.47. The van der Waals surface area contributed by atoms with Crippen LogP contribution in [0, 0.1) is 15.3 Å². The minimum Gasteiger partial charge on any atom is -0.481 e. The third-order valence-corrected chi connectivity index (χ3v) is 1.29. The lowest BCUT2D eigenvalue weighted by Crippen LogP contribution is -2.42. The van der Waals surface area contributed by atoms with E-state index in [2.05, 4.69) is 0 Å². The van der Waals surface area contributed by atoms with Gasteiger partial charge in [-0.2, -0.15) is 0 Å². The van der Waals surface area contributed by atoms with Crippen LogP contribution in [-0.2, 0) is 14.4 Å². The van der Waals surface area contributed by atoms with Crippen LogP contribution in [0.25, 0.3) is 0 Å². The van der Waals surface area contributed by atoms with Gasteiger partial charge in [-0.1, -0.05) is 0 Å². The van der Waals surface area contributed by atoms with Crippen molar-refractivity contribution in [2.75, 3.05) is 0 Å². The van der Waals surface area contributed by atoms with Gasteiger partial charge in [0.1, 0.15) is 0 Å². The average Bonchev–Trinajstić information content (AvgIpc) is 1.98. The van der Waals surface area contributed by atoms with Crippen LogP contribution in [0.4, 0.5) is 0 Å². The summed E-state index contributed by atoms with van der Waals surface area (Å²) in [6.07, 6.45) is -2.29. The van der Waals surface area contributed by atoms with Crippen molar-refractivity contribution < 1.29 is 39.9 Å². The molecule has 0 aromatic rings. The number of hydrogen-bond donors (Lipinski definition) is 5. The smallest absolute Gasteiger partial charge is 0.336 e. The Kier molecular flexibility index (Phi) is 10.0. The van der Waals surface area contributed by atoms with E-state index in [9.17, 15) is 14.4 Å². The molecule has 0 unspecified atom stereocenters. The van der Waals surface area contributed by atoms with Crippen molar-refractivity contribution in [3.63, 3.8) is 0 Å². The summed E-state index contributed by atoms with van der Waals surface area (Å²) in [4.78, 5) is 38.7. The first-order chi connectivity index (χ1) is 7.51. The second kappa shape index (κ2) is 8.66. The molecule has 0 rings (SSSR count). The van der Waals surface area contributed by atoms with E-state index >= 15 is 0 Å². The zero-order chi connectivity index (χ0) is 14.2. The molecule has 0 aromatic heterocycles. The Morgan fingerprint density at radius 1 is 1.00 bits per heavy atom. The first kappa shape index (κ1) is 20.9. The molecule has 0 aliphatic carbocycles. The van der Waals surface area contributed by atoms with Crippen molar-refractivity contribution in [1.29, 1.82) is 0 Å². The Labute approximate surface area is 98.8 Å². The maximum atomic E-state index is 10.3. The van der Waals surface area contributed by atoms with E-state index in [1.54, 1.807) is 0 Å². The van der Waals surface area contributed by atoms with Gasteiger partial charge in [0.05, 0.1) is 17.9 Å². The largest absolute Gasteiger partial charge is 0.481 e. The van der Waals surface area contributed by atoms with Crippen molar-refractivity contribution in [2.45, 2.75) is 18.4 Å². The summed E-state index contributed by atoms with van der Waals surface area (Å²) in [7, 11) is 0. The second-order valence-electron chi connectivity index (χ2n) is 2.70. The molecule has 18 heavy (non-hydrogen) atoms. The van der Waals surface area contributed by atoms with E-state index in [0.717, 1.165) is 0 Å². The van der Waals surface area contributed by atoms with Gasteiger partial charge in [0.2, 0.25) is 0 Å². The van der Waals surface area contributed by atoms with Gasteiger partial charge in [0, 0.05) is 0 Å². The van der Waals surface area contributed by atoms with Crippen LogP contribution in [0.2, 0.25) is 0 Å². The molecule has 0 saturated carbocycles. The molecule has 0 aliphatic heterocycles. The number of aliphatic carboxylic acids is 3. The molecule has 106 valence electrons. The number of nitrogens with zero attached hydrogens (tertiary/aromatic N) is 1. The van der Waals surface area contributed by atoms with E-state index in [-0.39, 0.29) is 6.15 Å². The molecule has 0 heterocycles. The SMILES string of the molecule is O=C(O)CC(O)(CC(=O)O)C(=O)O.O=[N+]([O-])[O-].[NH4+]. The van der Waals surface area contributed by atoms with Crippen molar-refractivity contribution in [2.24, 2.45) is 0 Å². The summed E-state index contributed by atoms with van der Waals surface area (Å²) >= 11 is 0. The van der Waals surface area contributed by atoms with Crippen LogP contribution in [0.1, 0.15) is 12.8 Å². The maximum Gasteiger partial charge on any atom is 0.336 e. The standard InChI is InChI=1S/C6H8O7.NO3.H3N/c7-3(8)1-6(13,5(11)12)2-4(9)10;2-1(3)4;/h13H,1-2H2,(H,7,8)(H,9,10)(H,11,12);;1H3/q;-1;/p+1. The predicted octanol–water partition coefficient (Wildman–Crippen LogP) is -1.11. The summed E-state index contributed by atoms with van der Waals surface area (Å²) in [6.45, 7) is 0. The minimum absolute atomic E-state index is 0. The molecule has 0 aliphatic rings. The van der Waals surface area contributed by atoms with Gasteiger partial charge in [-0.15, -0.1) is 0 Å². The third kappa shape index (κ3) is 11.6. The van der Waals surface area contributed by atoms with E-state index in [1.165, 1.54) is 0 Å². The van der Waals surface area contributed by atoms with Crippen molar-refractivity contribution >= 4 is 17.9 Å². The number of carboxylic acid groups (broad SMARTS) is 3. The Balaban J connectivity index is -0.000000392. The zero-order valence-electron chi connectivity index (χ0n) is 9.10. The quantitative estimate of drug-likeness (QED) is 0.298. The molecule has 0 radical (unpaired) electrons. The number of carbonyl (C=O) groups is 3. The van der Waals surface area contributed by atoms with Gasteiger partial charge in [0.25, 0.3) is 0 Å². The Morgan fingerprint density at radius 3 is 1.33 bits per heavy atom. The molecule has 0 saturated heterocycles. The molecule has 0 bridgehead atoms. The minimum atomic E-state index is -2.74. The predicted molar refractivity (Wildman–Crippen MR) is 53.4 cm³/mol. The monoisotopic (exact) mass is 272 g/mol. The molecule has 0 spiro atoms. The van der Waals surface area contributed by atoms with Gasteiger partial charge in [-0.25, -0.2) is 4.79 Å². The summed E-state index contributed by atoms with van der Waals surface area (Å²) in [5.74, 6) is -5.02. The summed E-state index contributed by atoms with van der Waals surface area (Å²) in [5, 5.41) is 48.6. The molecule has 0 aromatic carbocycles. The topological polar surface area (TPSA) is 235 Å². The highest BCUT2D eigenvalue weighted by atomic mass is 16.9. The molecule has 8 N–H and O–H groups in total. The van der Waals surface area contributed by atoms with Gasteiger partial charge in [0.15, 0.2) is 5.60 Å². The summed E-state index contributed by atoms with van der Waals surface area (Å²) < 4.78 is 0. The number of quaternary nitrogens is 1. The lowest BCUT2D eigenvalue weighted by atomic mass is 9.96.